The largest absolute Gasteiger partial charge is 0.374 e. The molecule has 168 valence electrons. The van der Waals surface area contributed by atoms with Crippen molar-refractivity contribution in [2.45, 2.75) is 47.3 Å². The van der Waals surface area contributed by atoms with Crippen LogP contribution >= 0.6 is 0 Å². The number of aryl methyl sites for hydroxylation is 2. The molecular weight excluding hydrogens is 388 g/mol. The van der Waals surface area contributed by atoms with E-state index in [9.17, 15) is 4.79 Å². The molecule has 1 atom stereocenters. The minimum Gasteiger partial charge on any atom is -0.374 e. The van der Waals surface area contributed by atoms with Crippen molar-refractivity contribution in [2.24, 2.45) is 5.92 Å². The zero-order chi connectivity index (χ0) is 22.4. The standard InChI is InChI=1S/C25H36N4O2/c1-18(2)15-28-12-13-31-23(17-28)14-26-25(30)11-10-24-20(4)27-29(21(24)5)16-22-8-6-19(3)7-9-22/h6-11,18,23H,12-17H2,1-5H3,(H,26,30)/b11-10+. The maximum Gasteiger partial charge on any atom is 0.244 e. The van der Waals surface area contributed by atoms with Crippen LogP contribution in [0.3, 0.4) is 0 Å². The Morgan fingerprint density at radius 2 is 2.00 bits per heavy atom. The average molecular weight is 425 g/mol. The summed E-state index contributed by atoms with van der Waals surface area (Å²) in [6, 6.07) is 8.49. The molecule has 1 aromatic carbocycles. The predicted octanol–water partition coefficient (Wildman–Crippen LogP) is 3.34. The Labute approximate surface area is 186 Å². The molecule has 1 saturated heterocycles. The van der Waals surface area contributed by atoms with E-state index in [-0.39, 0.29) is 12.0 Å². The summed E-state index contributed by atoms with van der Waals surface area (Å²) in [5.41, 5.74) is 5.44. The van der Waals surface area contributed by atoms with Crippen molar-refractivity contribution in [3.63, 3.8) is 0 Å². The van der Waals surface area contributed by atoms with Crippen molar-refractivity contribution in [3.05, 3.63) is 58.4 Å². The average Bonchev–Trinajstić information content (AvgIpc) is 2.99. The molecule has 0 aliphatic carbocycles. The minimum atomic E-state index is -0.102. The summed E-state index contributed by atoms with van der Waals surface area (Å²) in [5, 5.41) is 7.65. The quantitative estimate of drug-likeness (QED) is 0.661. The SMILES string of the molecule is Cc1ccc(Cn2nc(C)c(/C=C/C(=O)NCC3CN(CC(C)C)CCO3)c2C)cc1. The van der Waals surface area contributed by atoms with Crippen LogP contribution in [0.25, 0.3) is 6.08 Å². The maximum absolute atomic E-state index is 12.4. The molecule has 31 heavy (non-hydrogen) atoms. The monoisotopic (exact) mass is 424 g/mol. The lowest BCUT2D eigenvalue weighted by Gasteiger charge is -2.33. The van der Waals surface area contributed by atoms with Gasteiger partial charge in [0.25, 0.3) is 0 Å². The Hall–Kier alpha value is -2.44. The van der Waals surface area contributed by atoms with Gasteiger partial charge in [0.2, 0.25) is 5.91 Å². The number of amides is 1. The fourth-order valence-electron chi connectivity index (χ4n) is 3.99. The van der Waals surface area contributed by atoms with Crippen LogP contribution in [0.5, 0.6) is 0 Å². The molecule has 2 heterocycles. The molecule has 1 aromatic heterocycles. The third-order valence-electron chi connectivity index (χ3n) is 5.64. The van der Waals surface area contributed by atoms with Crippen LogP contribution in [0.4, 0.5) is 0 Å². The van der Waals surface area contributed by atoms with Crippen LogP contribution in [-0.4, -0.2) is 59.5 Å². The second-order valence-electron chi connectivity index (χ2n) is 8.95. The Bertz CT molecular complexity index is 899. The summed E-state index contributed by atoms with van der Waals surface area (Å²) in [7, 11) is 0. The van der Waals surface area contributed by atoms with E-state index in [4.69, 9.17) is 4.74 Å². The van der Waals surface area contributed by atoms with Crippen LogP contribution in [0.15, 0.2) is 30.3 Å². The van der Waals surface area contributed by atoms with Crippen LogP contribution in [0.1, 0.15) is 41.9 Å². The summed E-state index contributed by atoms with van der Waals surface area (Å²) < 4.78 is 7.81. The topological polar surface area (TPSA) is 59.4 Å². The first kappa shape index (κ1) is 23.2. The molecule has 3 rings (SSSR count). The summed E-state index contributed by atoms with van der Waals surface area (Å²) in [4.78, 5) is 14.8. The lowest BCUT2D eigenvalue weighted by atomic mass is 10.1. The van der Waals surface area contributed by atoms with Gasteiger partial charge in [-0.2, -0.15) is 5.10 Å². The molecule has 1 amide bonds. The van der Waals surface area contributed by atoms with Crippen LogP contribution in [-0.2, 0) is 16.1 Å². The zero-order valence-corrected chi connectivity index (χ0v) is 19.5. The van der Waals surface area contributed by atoms with E-state index >= 15 is 0 Å². The Morgan fingerprint density at radius 1 is 1.26 bits per heavy atom. The van der Waals surface area contributed by atoms with Crippen molar-refractivity contribution in [3.8, 4) is 0 Å². The third-order valence-corrected chi connectivity index (χ3v) is 5.64. The molecular formula is C25H36N4O2. The second-order valence-corrected chi connectivity index (χ2v) is 8.95. The minimum absolute atomic E-state index is 0.0468. The molecule has 1 fully saturated rings. The number of carbonyl (C=O) groups is 1. The van der Waals surface area contributed by atoms with Gasteiger partial charge in [0, 0.05) is 43.5 Å². The number of carbonyl (C=O) groups excluding carboxylic acids is 1. The van der Waals surface area contributed by atoms with Crippen molar-refractivity contribution in [1.82, 2.24) is 20.0 Å². The van der Waals surface area contributed by atoms with Gasteiger partial charge in [-0.3, -0.25) is 14.4 Å². The van der Waals surface area contributed by atoms with E-state index in [1.165, 1.54) is 11.1 Å². The molecule has 0 bridgehead atoms. The van der Waals surface area contributed by atoms with E-state index in [0.717, 1.165) is 49.7 Å². The van der Waals surface area contributed by atoms with E-state index in [2.05, 4.69) is 60.4 Å². The maximum atomic E-state index is 12.4. The molecule has 2 aromatic rings. The number of benzene rings is 1. The highest BCUT2D eigenvalue weighted by atomic mass is 16.5. The number of nitrogens with one attached hydrogen (secondary N) is 1. The lowest BCUT2D eigenvalue weighted by molar-refractivity contribution is -0.117. The summed E-state index contributed by atoms with van der Waals surface area (Å²) in [5.74, 6) is 0.532. The Morgan fingerprint density at radius 3 is 2.71 bits per heavy atom. The van der Waals surface area contributed by atoms with Crippen LogP contribution < -0.4 is 5.32 Å². The number of morpholine rings is 1. The predicted molar refractivity (Wildman–Crippen MR) is 125 cm³/mol. The summed E-state index contributed by atoms with van der Waals surface area (Å²) >= 11 is 0. The molecule has 0 spiro atoms. The molecule has 1 aliphatic heterocycles. The molecule has 1 aliphatic rings. The first-order valence-corrected chi connectivity index (χ1v) is 11.2. The molecule has 6 nitrogen and oxygen atoms in total. The van der Waals surface area contributed by atoms with Gasteiger partial charge in [-0.15, -0.1) is 0 Å². The van der Waals surface area contributed by atoms with Gasteiger partial charge in [0.15, 0.2) is 0 Å². The van der Waals surface area contributed by atoms with Gasteiger partial charge in [-0.25, -0.2) is 0 Å². The van der Waals surface area contributed by atoms with Crippen molar-refractivity contribution in [2.75, 3.05) is 32.8 Å². The smallest absolute Gasteiger partial charge is 0.244 e. The van der Waals surface area contributed by atoms with Gasteiger partial charge in [-0.1, -0.05) is 43.7 Å². The van der Waals surface area contributed by atoms with Crippen molar-refractivity contribution < 1.29 is 9.53 Å². The van der Waals surface area contributed by atoms with Gasteiger partial charge < -0.3 is 10.1 Å². The number of aromatic nitrogens is 2. The van der Waals surface area contributed by atoms with E-state index < -0.39 is 0 Å². The number of hydrogen-bond donors (Lipinski definition) is 1. The summed E-state index contributed by atoms with van der Waals surface area (Å²) in [6.45, 7) is 15.4. The fraction of sp³-hybridized carbons (Fsp3) is 0.520. The number of nitrogens with zero attached hydrogens (tertiary/aromatic N) is 3. The van der Waals surface area contributed by atoms with Gasteiger partial charge in [0.05, 0.1) is 24.9 Å². The highest BCUT2D eigenvalue weighted by Gasteiger charge is 2.21. The van der Waals surface area contributed by atoms with Gasteiger partial charge in [0.1, 0.15) is 0 Å². The first-order valence-electron chi connectivity index (χ1n) is 11.2. The fourth-order valence-corrected chi connectivity index (χ4v) is 3.99. The van der Waals surface area contributed by atoms with E-state index in [1.54, 1.807) is 6.08 Å². The third kappa shape index (κ3) is 6.77. The number of rotatable bonds is 8. The van der Waals surface area contributed by atoms with E-state index in [0.29, 0.717) is 12.5 Å². The van der Waals surface area contributed by atoms with Gasteiger partial charge in [-0.05, 0) is 38.3 Å². The normalized spacial score (nSPS) is 17.5. The molecule has 1 unspecified atom stereocenters. The van der Waals surface area contributed by atoms with Gasteiger partial charge >= 0.3 is 0 Å². The molecule has 0 radical (unpaired) electrons. The first-order chi connectivity index (χ1) is 14.8. The van der Waals surface area contributed by atoms with E-state index in [1.807, 2.05) is 24.6 Å². The molecule has 1 N–H and O–H groups in total. The van der Waals surface area contributed by atoms with Crippen LogP contribution in [0, 0.1) is 26.7 Å². The zero-order valence-electron chi connectivity index (χ0n) is 19.5. The van der Waals surface area contributed by atoms with Crippen molar-refractivity contribution >= 4 is 12.0 Å². The second kappa shape index (κ2) is 10.7. The Kier molecular flexibility index (Phi) is 8.04. The molecule has 6 heteroatoms. The highest BCUT2D eigenvalue weighted by molar-refractivity contribution is 5.92. The lowest BCUT2D eigenvalue weighted by Crippen LogP contribution is -2.48. The molecule has 0 saturated carbocycles. The summed E-state index contributed by atoms with van der Waals surface area (Å²) in [6.07, 6.45) is 3.51. The number of hydrogen-bond acceptors (Lipinski definition) is 4. The number of ether oxygens (including phenoxy) is 1. The highest BCUT2D eigenvalue weighted by Crippen LogP contribution is 2.17. The van der Waals surface area contributed by atoms with Crippen molar-refractivity contribution in [1.29, 1.82) is 0 Å². The van der Waals surface area contributed by atoms with Crippen LogP contribution in [0.2, 0.25) is 0 Å². The Balaban J connectivity index is 1.54.